The SMILES string of the molecule is N#Cc1ccc(N2CCCCC2CCCOc2ccc(C(=O)O)cc2S)c(N)c1. The van der Waals surface area contributed by atoms with Gasteiger partial charge in [0.2, 0.25) is 0 Å². The van der Waals surface area contributed by atoms with Gasteiger partial charge in [0.1, 0.15) is 5.75 Å². The number of anilines is 2. The minimum Gasteiger partial charge on any atom is -0.492 e. The summed E-state index contributed by atoms with van der Waals surface area (Å²) >= 11 is 4.32. The first-order valence-corrected chi connectivity index (χ1v) is 10.2. The number of nitriles is 1. The van der Waals surface area contributed by atoms with E-state index in [1.807, 2.05) is 12.1 Å². The Hall–Kier alpha value is -2.85. The Labute approximate surface area is 176 Å². The van der Waals surface area contributed by atoms with Crippen molar-refractivity contribution in [2.24, 2.45) is 0 Å². The highest BCUT2D eigenvalue weighted by atomic mass is 32.1. The van der Waals surface area contributed by atoms with E-state index in [0.29, 0.717) is 34.5 Å². The van der Waals surface area contributed by atoms with Gasteiger partial charge < -0.3 is 20.5 Å². The quantitative estimate of drug-likeness (QED) is 0.356. The number of benzene rings is 2. The zero-order valence-electron chi connectivity index (χ0n) is 16.2. The molecule has 2 aromatic rings. The Balaban J connectivity index is 1.58. The number of nitrogen functional groups attached to an aromatic ring is 1. The lowest BCUT2D eigenvalue weighted by atomic mass is 9.96. The zero-order chi connectivity index (χ0) is 20.8. The maximum absolute atomic E-state index is 11.0. The van der Waals surface area contributed by atoms with E-state index < -0.39 is 5.97 Å². The molecule has 1 fully saturated rings. The second kappa shape index (κ2) is 9.57. The van der Waals surface area contributed by atoms with Crippen LogP contribution in [0.1, 0.15) is 48.0 Å². The highest BCUT2D eigenvalue weighted by Gasteiger charge is 2.24. The number of nitrogens with two attached hydrogens (primary N) is 1. The Morgan fingerprint density at radius 2 is 2.14 bits per heavy atom. The lowest BCUT2D eigenvalue weighted by Crippen LogP contribution is -2.40. The molecule has 0 aromatic heterocycles. The van der Waals surface area contributed by atoms with Crippen LogP contribution in [-0.2, 0) is 0 Å². The molecule has 0 radical (unpaired) electrons. The minimum atomic E-state index is -0.980. The molecule has 29 heavy (non-hydrogen) atoms. The van der Waals surface area contributed by atoms with Gasteiger partial charge in [0, 0.05) is 17.5 Å². The topological polar surface area (TPSA) is 99.6 Å². The van der Waals surface area contributed by atoms with Gasteiger partial charge >= 0.3 is 5.97 Å². The predicted octanol–water partition coefficient (Wildman–Crippen LogP) is 4.35. The Morgan fingerprint density at radius 1 is 1.31 bits per heavy atom. The van der Waals surface area contributed by atoms with Crippen LogP contribution in [0, 0.1) is 11.3 Å². The Bertz CT molecular complexity index is 926. The summed E-state index contributed by atoms with van der Waals surface area (Å²) in [6.07, 6.45) is 5.26. The van der Waals surface area contributed by atoms with E-state index in [0.717, 1.165) is 37.9 Å². The van der Waals surface area contributed by atoms with E-state index in [4.69, 9.17) is 20.8 Å². The lowest BCUT2D eigenvalue weighted by Gasteiger charge is -2.38. The molecule has 1 saturated heterocycles. The number of nitrogens with zero attached hydrogens (tertiary/aromatic N) is 2. The number of hydrogen-bond donors (Lipinski definition) is 3. The molecule has 0 saturated carbocycles. The van der Waals surface area contributed by atoms with E-state index in [1.54, 1.807) is 12.1 Å². The van der Waals surface area contributed by atoms with Gasteiger partial charge in [0.25, 0.3) is 0 Å². The van der Waals surface area contributed by atoms with Crippen LogP contribution >= 0.6 is 12.6 Å². The van der Waals surface area contributed by atoms with Crippen LogP contribution in [0.15, 0.2) is 41.3 Å². The molecule has 6 nitrogen and oxygen atoms in total. The highest BCUT2D eigenvalue weighted by Crippen LogP contribution is 2.32. The van der Waals surface area contributed by atoms with Gasteiger partial charge in [-0.05, 0) is 68.5 Å². The second-order valence-corrected chi connectivity index (χ2v) is 7.69. The van der Waals surface area contributed by atoms with Crippen LogP contribution in [0.4, 0.5) is 11.4 Å². The summed E-state index contributed by atoms with van der Waals surface area (Å²) in [5, 5.41) is 18.1. The molecule has 0 spiro atoms. The average Bonchev–Trinajstić information content (AvgIpc) is 2.72. The fraction of sp³-hybridized carbons (Fsp3) is 0.364. The van der Waals surface area contributed by atoms with Crippen molar-refractivity contribution in [1.82, 2.24) is 0 Å². The molecule has 0 aliphatic carbocycles. The number of thiol groups is 1. The first kappa shape index (κ1) is 20.9. The summed E-state index contributed by atoms with van der Waals surface area (Å²) in [5.41, 5.74) is 8.61. The Morgan fingerprint density at radius 3 is 2.83 bits per heavy atom. The largest absolute Gasteiger partial charge is 0.492 e. The van der Waals surface area contributed by atoms with Gasteiger partial charge in [0.05, 0.1) is 35.2 Å². The van der Waals surface area contributed by atoms with E-state index >= 15 is 0 Å². The Kier molecular flexibility index (Phi) is 6.89. The van der Waals surface area contributed by atoms with E-state index in [9.17, 15) is 4.79 Å². The number of aromatic carboxylic acids is 1. The third kappa shape index (κ3) is 5.15. The van der Waals surface area contributed by atoms with Crippen LogP contribution in [0.5, 0.6) is 5.75 Å². The third-order valence-corrected chi connectivity index (χ3v) is 5.59. The number of carbonyl (C=O) groups is 1. The van der Waals surface area contributed by atoms with Crippen molar-refractivity contribution >= 4 is 30.0 Å². The van der Waals surface area contributed by atoms with E-state index in [1.165, 1.54) is 18.6 Å². The molecule has 152 valence electrons. The van der Waals surface area contributed by atoms with Crippen molar-refractivity contribution < 1.29 is 14.6 Å². The highest BCUT2D eigenvalue weighted by molar-refractivity contribution is 7.80. The maximum Gasteiger partial charge on any atom is 0.335 e. The number of rotatable bonds is 7. The molecule has 1 heterocycles. The summed E-state index contributed by atoms with van der Waals surface area (Å²) in [5.74, 6) is -0.388. The van der Waals surface area contributed by atoms with Crippen molar-refractivity contribution in [1.29, 1.82) is 5.26 Å². The number of carboxylic acid groups (broad SMARTS) is 1. The summed E-state index contributed by atoms with van der Waals surface area (Å²) < 4.78 is 5.81. The maximum atomic E-state index is 11.0. The lowest BCUT2D eigenvalue weighted by molar-refractivity contribution is 0.0696. The molecule has 7 heteroatoms. The molecule has 3 N–H and O–H groups in total. The van der Waals surface area contributed by atoms with Crippen molar-refractivity contribution in [3.05, 3.63) is 47.5 Å². The molecule has 0 amide bonds. The van der Waals surface area contributed by atoms with Gasteiger partial charge in [0.15, 0.2) is 0 Å². The van der Waals surface area contributed by atoms with Gasteiger partial charge in [-0.2, -0.15) is 5.26 Å². The number of hydrogen-bond acceptors (Lipinski definition) is 6. The zero-order valence-corrected chi connectivity index (χ0v) is 17.1. The third-order valence-electron chi connectivity index (χ3n) is 5.24. The summed E-state index contributed by atoms with van der Waals surface area (Å²) in [4.78, 5) is 13.9. The molecule has 2 aromatic carbocycles. The average molecular weight is 412 g/mol. The van der Waals surface area contributed by atoms with Gasteiger partial charge in [-0.1, -0.05) is 0 Å². The standard InChI is InChI=1S/C22H25N3O3S/c23-14-15-6-8-19(18(24)12-15)25-10-2-1-4-17(25)5-3-11-28-20-9-7-16(22(26)27)13-21(20)29/h6-9,12-13,17,29H,1-5,10-11,24H2,(H,26,27). The van der Waals surface area contributed by atoms with Crippen LogP contribution in [0.3, 0.4) is 0 Å². The fourth-order valence-corrected chi connectivity index (χ4v) is 4.06. The van der Waals surface area contributed by atoms with Gasteiger partial charge in [-0.25, -0.2) is 4.79 Å². The molecule has 3 rings (SSSR count). The number of piperidine rings is 1. The first-order chi connectivity index (χ1) is 14.0. The van der Waals surface area contributed by atoms with Crippen LogP contribution in [0.2, 0.25) is 0 Å². The molecular weight excluding hydrogens is 386 g/mol. The summed E-state index contributed by atoms with van der Waals surface area (Å²) in [6, 6.07) is 12.7. The molecule has 0 bridgehead atoms. The molecule has 1 unspecified atom stereocenters. The van der Waals surface area contributed by atoms with Gasteiger partial charge in [-0.15, -0.1) is 12.6 Å². The van der Waals surface area contributed by atoms with Crippen LogP contribution in [0.25, 0.3) is 0 Å². The molecule has 1 aliphatic heterocycles. The fourth-order valence-electron chi connectivity index (χ4n) is 3.78. The van der Waals surface area contributed by atoms with Crippen molar-refractivity contribution in [2.45, 2.75) is 43.0 Å². The second-order valence-electron chi connectivity index (χ2n) is 7.21. The molecule has 1 aliphatic rings. The van der Waals surface area contributed by atoms with Crippen molar-refractivity contribution in [3.63, 3.8) is 0 Å². The van der Waals surface area contributed by atoms with E-state index in [2.05, 4.69) is 23.6 Å². The van der Waals surface area contributed by atoms with Crippen LogP contribution in [-0.4, -0.2) is 30.3 Å². The molecule has 1 atom stereocenters. The minimum absolute atomic E-state index is 0.195. The predicted molar refractivity (Wildman–Crippen MR) is 116 cm³/mol. The van der Waals surface area contributed by atoms with Crippen molar-refractivity contribution in [2.75, 3.05) is 23.8 Å². The number of ether oxygens (including phenoxy) is 1. The summed E-state index contributed by atoms with van der Waals surface area (Å²) in [7, 11) is 0. The number of carboxylic acids is 1. The molecular formula is C22H25N3O3S. The monoisotopic (exact) mass is 411 g/mol. The van der Waals surface area contributed by atoms with Crippen LogP contribution < -0.4 is 15.4 Å². The van der Waals surface area contributed by atoms with Crippen molar-refractivity contribution in [3.8, 4) is 11.8 Å². The first-order valence-electron chi connectivity index (χ1n) is 9.75. The summed E-state index contributed by atoms with van der Waals surface area (Å²) in [6.45, 7) is 1.49. The smallest absolute Gasteiger partial charge is 0.335 e. The van der Waals surface area contributed by atoms with E-state index in [-0.39, 0.29) is 5.56 Å². The van der Waals surface area contributed by atoms with Gasteiger partial charge in [-0.3, -0.25) is 0 Å². The normalized spacial score (nSPS) is 16.3.